The summed E-state index contributed by atoms with van der Waals surface area (Å²) >= 11 is 3.24. The minimum atomic E-state index is -3.12. The van der Waals surface area contributed by atoms with Crippen LogP contribution in [0.2, 0.25) is 0 Å². The van der Waals surface area contributed by atoms with E-state index in [0.717, 1.165) is 4.47 Å². The monoisotopic (exact) mass is 335 g/mol. The third-order valence-electron chi connectivity index (χ3n) is 2.73. The fraction of sp³-hybridized carbons (Fsp3) is 0.600. The minimum Gasteiger partial charge on any atom is -0.459 e. The Kier molecular flexibility index (Phi) is 4.18. The molecule has 1 atom stereocenters. The molecule has 1 unspecified atom stereocenters. The van der Waals surface area contributed by atoms with Crippen molar-refractivity contribution < 1.29 is 13.2 Å². The first-order chi connectivity index (χ1) is 8.51. The number of halogens is 1. The Morgan fingerprint density at radius 1 is 1.50 bits per heavy atom. The molecule has 1 aliphatic rings. The van der Waals surface area contributed by atoms with Gasteiger partial charge in [-0.15, -0.1) is 0 Å². The summed E-state index contributed by atoms with van der Waals surface area (Å²) in [5.74, 6) is 0.120. The summed E-state index contributed by atoms with van der Waals surface area (Å²) < 4.78 is 31.1. The second-order valence-electron chi connectivity index (χ2n) is 3.97. The smallest absolute Gasteiger partial charge is 0.316 e. The van der Waals surface area contributed by atoms with E-state index >= 15 is 0 Å². The highest BCUT2D eigenvalue weighted by molar-refractivity contribution is 9.10. The molecule has 2 heterocycles. The van der Waals surface area contributed by atoms with Gasteiger partial charge in [-0.2, -0.15) is 4.31 Å². The van der Waals surface area contributed by atoms with Gasteiger partial charge in [-0.3, -0.25) is 0 Å². The maximum Gasteiger partial charge on any atom is 0.316 e. The first kappa shape index (κ1) is 13.7. The molecule has 1 saturated heterocycles. The molecule has 1 aliphatic heterocycles. The third-order valence-corrected chi connectivity index (χ3v) is 4.99. The highest BCUT2D eigenvalue weighted by atomic mass is 79.9. The van der Waals surface area contributed by atoms with Crippen LogP contribution >= 0.6 is 15.9 Å². The van der Waals surface area contributed by atoms with Gasteiger partial charge in [0.25, 0.3) is 0 Å². The Labute approximate surface area is 115 Å². The van der Waals surface area contributed by atoms with E-state index in [1.165, 1.54) is 4.31 Å². The summed E-state index contributed by atoms with van der Waals surface area (Å²) in [5.41, 5.74) is 0. The lowest BCUT2D eigenvalue weighted by Crippen LogP contribution is -2.32. The van der Waals surface area contributed by atoms with Gasteiger partial charge in [0.05, 0.1) is 16.8 Å². The summed E-state index contributed by atoms with van der Waals surface area (Å²) in [7, 11) is -3.12. The molecule has 0 amide bonds. The Morgan fingerprint density at radius 3 is 2.78 bits per heavy atom. The van der Waals surface area contributed by atoms with Gasteiger partial charge in [0.15, 0.2) is 0 Å². The van der Waals surface area contributed by atoms with Crippen molar-refractivity contribution in [2.24, 2.45) is 0 Å². The number of ether oxygens (including phenoxy) is 1. The van der Waals surface area contributed by atoms with Crippen LogP contribution in [-0.4, -0.2) is 47.6 Å². The summed E-state index contributed by atoms with van der Waals surface area (Å²) in [6.07, 6.45) is 3.68. The van der Waals surface area contributed by atoms with Crippen molar-refractivity contribution in [1.29, 1.82) is 0 Å². The van der Waals surface area contributed by atoms with Crippen molar-refractivity contribution in [3.05, 3.63) is 16.9 Å². The predicted molar refractivity (Wildman–Crippen MR) is 69.8 cm³/mol. The zero-order valence-electron chi connectivity index (χ0n) is 9.91. The van der Waals surface area contributed by atoms with Crippen molar-refractivity contribution in [3.63, 3.8) is 0 Å². The molecule has 0 radical (unpaired) electrons. The van der Waals surface area contributed by atoms with Crippen molar-refractivity contribution in [3.8, 4) is 6.01 Å². The first-order valence-corrected chi connectivity index (χ1v) is 8.03. The largest absolute Gasteiger partial charge is 0.459 e. The van der Waals surface area contributed by atoms with Crippen LogP contribution in [0.15, 0.2) is 16.9 Å². The molecule has 1 fully saturated rings. The Hall–Kier alpha value is -0.730. The zero-order chi connectivity index (χ0) is 13.2. The molecule has 0 bridgehead atoms. The summed E-state index contributed by atoms with van der Waals surface area (Å²) in [6.45, 7) is 2.51. The van der Waals surface area contributed by atoms with E-state index in [-0.39, 0.29) is 17.9 Å². The molecule has 6 nitrogen and oxygen atoms in total. The van der Waals surface area contributed by atoms with Gasteiger partial charge in [0.1, 0.15) is 6.10 Å². The fourth-order valence-corrected chi connectivity index (χ4v) is 3.09. The van der Waals surface area contributed by atoms with Crippen molar-refractivity contribution in [1.82, 2.24) is 14.3 Å². The number of hydrogen-bond donors (Lipinski definition) is 0. The van der Waals surface area contributed by atoms with Crippen molar-refractivity contribution in [2.75, 3.05) is 18.8 Å². The second-order valence-corrected chi connectivity index (χ2v) is 7.14. The first-order valence-electron chi connectivity index (χ1n) is 5.63. The quantitative estimate of drug-likeness (QED) is 0.822. The molecule has 1 aromatic rings. The van der Waals surface area contributed by atoms with Crippen molar-refractivity contribution in [2.45, 2.75) is 19.4 Å². The van der Waals surface area contributed by atoms with Crippen LogP contribution in [0, 0.1) is 0 Å². The van der Waals surface area contributed by atoms with Crippen LogP contribution in [-0.2, 0) is 10.0 Å². The maximum absolute atomic E-state index is 11.7. The maximum atomic E-state index is 11.7. The number of rotatable bonds is 4. The van der Waals surface area contributed by atoms with Gasteiger partial charge in [0, 0.05) is 18.9 Å². The van der Waals surface area contributed by atoms with E-state index < -0.39 is 10.0 Å². The van der Waals surface area contributed by atoms with Gasteiger partial charge in [-0.05, 0) is 29.3 Å². The highest BCUT2D eigenvalue weighted by Gasteiger charge is 2.31. The normalized spacial score (nSPS) is 21.1. The van der Waals surface area contributed by atoms with Crippen molar-refractivity contribution >= 4 is 26.0 Å². The van der Waals surface area contributed by atoms with Crippen LogP contribution in [0.3, 0.4) is 0 Å². The van der Waals surface area contributed by atoms with E-state index in [2.05, 4.69) is 25.9 Å². The molecular formula is C10H14BrN3O3S. The summed E-state index contributed by atoms with van der Waals surface area (Å²) in [6, 6.07) is 0.277. The van der Waals surface area contributed by atoms with E-state index in [1.807, 2.05) is 0 Å². The van der Waals surface area contributed by atoms with Gasteiger partial charge < -0.3 is 4.74 Å². The lowest BCUT2D eigenvalue weighted by atomic mass is 10.3. The zero-order valence-corrected chi connectivity index (χ0v) is 12.3. The Balaban J connectivity index is 1.96. The standard InChI is InChI=1S/C10H14BrN3O3S/c1-2-18(15,16)14-4-3-9(7-14)17-10-12-5-8(11)6-13-10/h5-6,9H,2-4,7H2,1H3. The van der Waals surface area contributed by atoms with Crippen LogP contribution in [0.5, 0.6) is 6.01 Å². The summed E-state index contributed by atoms with van der Waals surface area (Å²) in [4.78, 5) is 8.00. The molecule has 18 heavy (non-hydrogen) atoms. The van der Waals surface area contributed by atoms with E-state index in [9.17, 15) is 8.42 Å². The van der Waals surface area contributed by atoms with Crippen LogP contribution in [0.25, 0.3) is 0 Å². The van der Waals surface area contributed by atoms with Gasteiger partial charge in [-0.1, -0.05) is 0 Å². The minimum absolute atomic E-state index is 0.120. The molecule has 0 aromatic carbocycles. The van der Waals surface area contributed by atoms with E-state index in [0.29, 0.717) is 19.5 Å². The molecule has 100 valence electrons. The molecule has 8 heteroatoms. The average Bonchev–Trinajstić information content (AvgIpc) is 2.81. The number of sulfonamides is 1. The molecule has 0 saturated carbocycles. The van der Waals surface area contributed by atoms with E-state index in [1.54, 1.807) is 19.3 Å². The molecule has 0 spiro atoms. The Morgan fingerprint density at radius 2 is 2.17 bits per heavy atom. The van der Waals surface area contributed by atoms with Gasteiger partial charge in [0.2, 0.25) is 10.0 Å². The molecular weight excluding hydrogens is 322 g/mol. The topological polar surface area (TPSA) is 72.4 Å². The lowest BCUT2D eigenvalue weighted by molar-refractivity contribution is 0.197. The average molecular weight is 336 g/mol. The summed E-state index contributed by atoms with van der Waals surface area (Å²) in [5, 5.41) is 0. The predicted octanol–water partition coefficient (Wildman–Crippen LogP) is 1.04. The SMILES string of the molecule is CCS(=O)(=O)N1CCC(Oc2ncc(Br)cn2)C1. The number of hydrogen-bond acceptors (Lipinski definition) is 5. The highest BCUT2D eigenvalue weighted by Crippen LogP contribution is 2.18. The molecule has 1 aromatic heterocycles. The van der Waals surface area contributed by atoms with Crippen LogP contribution in [0.1, 0.15) is 13.3 Å². The Bertz CT molecular complexity index is 506. The number of nitrogens with zero attached hydrogens (tertiary/aromatic N) is 3. The molecule has 2 rings (SSSR count). The van der Waals surface area contributed by atoms with Crippen LogP contribution in [0.4, 0.5) is 0 Å². The van der Waals surface area contributed by atoms with Gasteiger partial charge in [-0.25, -0.2) is 18.4 Å². The van der Waals surface area contributed by atoms with Gasteiger partial charge >= 0.3 is 6.01 Å². The molecule has 0 aliphatic carbocycles. The number of aromatic nitrogens is 2. The van der Waals surface area contributed by atoms with E-state index in [4.69, 9.17) is 4.74 Å². The van der Waals surface area contributed by atoms with Crippen LogP contribution < -0.4 is 4.74 Å². The molecule has 0 N–H and O–H groups in total. The second kappa shape index (κ2) is 5.50. The lowest BCUT2D eigenvalue weighted by Gasteiger charge is -2.15. The third kappa shape index (κ3) is 3.18. The fourth-order valence-electron chi connectivity index (χ4n) is 1.74.